The zero-order valence-electron chi connectivity index (χ0n) is 15.8. The third kappa shape index (κ3) is 3.70. The van der Waals surface area contributed by atoms with Crippen LogP contribution < -0.4 is 0 Å². The zero-order valence-corrected chi connectivity index (χ0v) is 15.8. The van der Waals surface area contributed by atoms with E-state index in [9.17, 15) is 4.79 Å². The fourth-order valence-corrected chi connectivity index (χ4v) is 3.20. The molecule has 0 aliphatic heterocycles. The van der Waals surface area contributed by atoms with Crippen molar-refractivity contribution in [3.05, 3.63) is 82.9 Å². The molecule has 2 nitrogen and oxygen atoms in total. The van der Waals surface area contributed by atoms with E-state index in [0.29, 0.717) is 12.2 Å². The van der Waals surface area contributed by atoms with Crippen molar-refractivity contribution in [3.63, 3.8) is 0 Å². The molecule has 0 spiro atoms. The van der Waals surface area contributed by atoms with Gasteiger partial charge >= 0.3 is 5.97 Å². The Morgan fingerprint density at radius 1 is 1.12 bits per heavy atom. The van der Waals surface area contributed by atoms with Crippen LogP contribution in [-0.2, 0) is 11.2 Å². The lowest BCUT2D eigenvalue weighted by molar-refractivity contribution is 0.0526. The van der Waals surface area contributed by atoms with Crippen molar-refractivity contribution in [1.82, 2.24) is 0 Å². The molecule has 26 heavy (non-hydrogen) atoms. The molecule has 2 aromatic rings. The van der Waals surface area contributed by atoms with E-state index in [1.54, 1.807) is 12.2 Å². The molecule has 0 N–H and O–H groups in total. The number of hydrogen-bond acceptors (Lipinski definition) is 2. The molecule has 0 bridgehead atoms. The van der Waals surface area contributed by atoms with Gasteiger partial charge in [-0.2, -0.15) is 0 Å². The number of benzene rings is 2. The van der Waals surface area contributed by atoms with E-state index in [0.717, 1.165) is 28.7 Å². The second kappa shape index (κ2) is 9.00. The van der Waals surface area contributed by atoms with Crippen molar-refractivity contribution in [2.75, 3.05) is 6.61 Å². The van der Waals surface area contributed by atoms with Crippen LogP contribution in [0.5, 0.6) is 0 Å². The molecule has 0 atom stereocenters. The summed E-state index contributed by atoms with van der Waals surface area (Å²) in [6.07, 6.45) is 6.52. The van der Waals surface area contributed by atoms with Crippen LogP contribution >= 0.6 is 0 Å². The minimum absolute atomic E-state index is 0.303. The van der Waals surface area contributed by atoms with Gasteiger partial charge in [0, 0.05) is 5.56 Å². The highest BCUT2D eigenvalue weighted by molar-refractivity contribution is 6.02. The Kier molecular flexibility index (Phi) is 6.74. The molecular weight excluding hydrogens is 320 g/mol. The molecule has 0 aromatic heterocycles. The average Bonchev–Trinajstić information content (AvgIpc) is 3.12. The Balaban J connectivity index is 0.00000117. The normalized spacial score (nSPS) is 11.6. The van der Waals surface area contributed by atoms with Crippen molar-refractivity contribution in [3.8, 4) is 0 Å². The Hall–Kier alpha value is -2.87. The van der Waals surface area contributed by atoms with Crippen LogP contribution in [-0.4, -0.2) is 12.6 Å². The van der Waals surface area contributed by atoms with Crippen molar-refractivity contribution in [2.45, 2.75) is 27.2 Å². The topological polar surface area (TPSA) is 26.3 Å². The third-order valence-electron chi connectivity index (χ3n) is 4.29. The van der Waals surface area contributed by atoms with Crippen LogP contribution in [0, 0.1) is 0 Å². The Labute approximate surface area is 156 Å². The van der Waals surface area contributed by atoms with Crippen LogP contribution in [0.2, 0.25) is 0 Å². The van der Waals surface area contributed by atoms with Gasteiger partial charge in [0.15, 0.2) is 0 Å². The van der Waals surface area contributed by atoms with E-state index in [4.69, 9.17) is 4.74 Å². The van der Waals surface area contributed by atoms with E-state index in [1.807, 2.05) is 45.0 Å². The SMILES string of the molecule is C=Cc1ccc(C(=O)OCC)c(C2=Cc3ccccc3C2)c1C=C.CC. The first-order valence-corrected chi connectivity index (χ1v) is 9.07. The summed E-state index contributed by atoms with van der Waals surface area (Å²) in [7, 11) is 0. The second-order valence-corrected chi connectivity index (χ2v) is 5.66. The van der Waals surface area contributed by atoms with E-state index >= 15 is 0 Å². The molecule has 1 aliphatic rings. The zero-order chi connectivity index (χ0) is 19.1. The van der Waals surface area contributed by atoms with E-state index < -0.39 is 0 Å². The van der Waals surface area contributed by atoms with Crippen molar-refractivity contribution in [2.24, 2.45) is 0 Å². The van der Waals surface area contributed by atoms with E-state index in [-0.39, 0.29) is 5.97 Å². The number of esters is 1. The number of carbonyl (C=O) groups is 1. The van der Waals surface area contributed by atoms with Gasteiger partial charge in [-0.1, -0.05) is 75.6 Å². The van der Waals surface area contributed by atoms with E-state index in [1.165, 1.54) is 11.1 Å². The van der Waals surface area contributed by atoms with Crippen LogP contribution in [0.4, 0.5) is 0 Å². The van der Waals surface area contributed by atoms with Gasteiger partial charge in [-0.25, -0.2) is 4.79 Å². The average molecular weight is 346 g/mol. The first kappa shape index (κ1) is 19.5. The molecule has 0 fully saturated rings. The van der Waals surface area contributed by atoms with E-state index in [2.05, 4.69) is 31.4 Å². The molecule has 0 saturated heterocycles. The maximum absolute atomic E-state index is 12.5. The molecule has 0 radical (unpaired) electrons. The Morgan fingerprint density at radius 3 is 2.46 bits per heavy atom. The largest absolute Gasteiger partial charge is 0.462 e. The van der Waals surface area contributed by atoms with Gasteiger partial charge in [-0.3, -0.25) is 0 Å². The van der Waals surface area contributed by atoms with Crippen LogP contribution in [0.15, 0.2) is 49.6 Å². The second-order valence-electron chi connectivity index (χ2n) is 5.66. The summed E-state index contributed by atoms with van der Waals surface area (Å²) in [5, 5.41) is 0. The number of ether oxygens (including phenoxy) is 1. The predicted octanol–water partition coefficient (Wildman–Crippen LogP) is 6.27. The van der Waals surface area contributed by atoms with Crippen molar-refractivity contribution in [1.29, 1.82) is 0 Å². The lowest BCUT2D eigenvalue weighted by atomic mass is 9.89. The highest BCUT2D eigenvalue weighted by atomic mass is 16.5. The van der Waals surface area contributed by atoms with Crippen molar-refractivity contribution >= 4 is 29.8 Å². The lowest BCUT2D eigenvalue weighted by Gasteiger charge is -2.16. The quantitative estimate of drug-likeness (QED) is 0.596. The van der Waals surface area contributed by atoms with Gasteiger partial charge in [0.05, 0.1) is 12.2 Å². The molecule has 134 valence electrons. The maximum Gasteiger partial charge on any atom is 0.338 e. The standard InChI is InChI=1S/C22H20O2.C2H6/c1-4-15-11-12-20(22(23)24-6-3)21(19(15)5-2)18-13-16-9-7-8-10-17(16)14-18;1-2/h4-5,7-13H,1-2,6,14H2,3H3;1-2H3. The molecule has 0 unspecified atom stereocenters. The smallest absolute Gasteiger partial charge is 0.338 e. The summed E-state index contributed by atoms with van der Waals surface area (Å²) < 4.78 is 5.25. The summed E-state index contributed by atoms with van der Waals surface area (Å²) in [5.41, 5.74) is 6.94. The minimum atomic E-state index is -0.303. The summed E-state index contributed by atoms with van der Waals surface area (Å²) >= 11 is 0. The van der Waals surface area contributed by atoms with Crippen LogP contribution in [0.25, 0.3) is 23.8 Å². The number of carbonyl (C=O) groups excluding carboxylic acids is 1. The number of allylic oxidation sites excluding steroid dienone is 1. The first-order valence-electron chi connectivity index (χ1n) is 9.07. The minimum Gasteiger partial charge on any atom is -0.462 e. The first-order chi connectivity index (χ1) is 12.7. The predicted molar refractivity (Wildman–Crippen MR) is 112 cm³/mol. The maximum atomic E-state index is 12.5. The summed E-state index contributed by atoms with van der Waals surface area (Å²) in [6, 6.07) is 12.0. The third-order valence-corrected chi connectivity index (χ3v) is 4.29. The molecule has 0 amide bonds. The molecule has 2 heteroatoms. The van der Waals surface area contributed by atoms with Gasteiger partial charge in [-0.05, 0) is 47.2 Å². The summed E-state index contributed by atoms with van der Waals surface area (Å²) in [6.45, 7) is 14.0. The summed E-state index contributed by atoms with van der Waals surface area (Å²) in [5.74, 6) is -0.303. The van der Waals surface area contributed by atoms with Crippen molar-refractivity contribution < 1.29 is 9.53 Å². The molecule has 1 aliphatic carbocycles. The number of fused-ring (bicyclic) bond motifs is 1. The van der Waals surface area contributed by atoms with Gasteiger partial charge in [0.25, 0.3) is 0 Å². The highest BCUT2D eigenvalue weighted by Crippen LogP contribution is 2.37. The molecule has 3 rings (SSSR count). The fourth-order valence-electron chi connectivity index (χ4n) is 3.20. The fraction of sp³-hybridized carbons (Fsp3) is 0.208. The lowest BCUT2D eigenvalue weighted by Crippen LogP contribution is -2.10. The number of rotatable bonds is 5. The molecule has 0 saturated carbocycles. The highest BCUT2D eigenvalue weighted by Gasteiger charge is 2.23. The summed E-state index contributed by atoms with van der Waals surface area (Å²) in [4.78, 5) is 12.5. The number of hydrogen-bond donors (Lipinski definition) is 0. The van der Waals surface area contributed by atoms with Gasteiger partial charge in [0.2, 0.25) is 0 Å². The van der Waals surface area contributed by atoms with Crippen LogP contribution in [0.1, 0.15) is 58.9 Å². The van der Waals surface area contributed by atoms with Gasteiger partial charge in [-0.15, -0.1) is 0 Å². The van der Waals surface area contributed by atoms with Gasteiger partial charge in [0.1, 0.15) is 0 Å². The molecule has 0 heterocycles. The monoisotopic (exact) mass is 346 g/mol. The van der Waals surface area contributed by atoms with Crippen LogP contribution in [0.3, 0.4) is 0 Å². The molecule has 2 aromatic carbocycles. The Morgan fingerprint density at radius 2 is 1.85 bits per heavy atom. The Bertz CT molecular complexity index is 857. The molecular formula is C24H26O2. The van der Waals surface area contributed by atoms with Gasteiger partial charge < -0.3 is 4.74 Å².